The molecule has 5 heterocycles. The Bertz CT molecular complexity index is 927. The summed E-state index contributed by atoms with van der Waals surface area (Å²) in [6.07, 6.45) is 4.95. The van der Waals surface area contributed by atoms with Gasteiger partial charge in [0.15, 0.2) is 5.75 Å². The molecule has 2 aromatic rings. The van der Waals surface area contributed by atoms with Gasteiger partial charge in [-0.1, -0.05) is 6.07 Å². The van der Waals surface area contributed by atoms with Crippen LogP contribution in [-0.4, -0.2) is 55.7 Å². The Kier molecular flexibility index (Phi) is 3.36. The van der Waals surface area contributed by atoms with E-state index in [9.17, 15) is 4.79 Å². The number of carbonyl (C=O) groups excluding carboxylic acids is 1. The maximum atomic E-state index is 13.1. The molecule has 1 N–H and O–H groups in total. The summed E-state index contributed by atoms with van der Waals surface area (Å²) in [5, 5.41) is 4.55. The number of carbonyl (C=O) groups is 1. The first-order chi connectivity index (χ1) is 13.2. The fourth-order valence-electron chi connectivity index (χ4n) is 5.56. The largest absolute Gasteiger partial charge is 0.488 e. The van der Waals surface area contributed by atoms with Crippen LogP contribution in [0.1, 0.15) is 35.4 Å². The van der Waals surface area contributed by atoms with Gasteiger partial charge >= 0.3 is 0 Å². The van der Waals surface area contributed by atoms with Crippen molar-refractivity contribution in [2.75, 3.05) is 38.2 Å². The van der Waals surface area contributed by atoms with E-state index in [-0.39, 0.29) is 11.4 Å². The summed E-state index contributed by atoms with van der Waals surface area (Å²) < 4.78 is 7.06. The first-order valence-electron chi connectivity index (χ1n) is 10.1. The molecule has 142 valence electrons. The van der Waals surface area contributed by atoms with Crippen molar-refractivity contribution < 1.29 is 9.53 Å². The first kappa shape index (κ1) is 16.2. The number of piperidine rings is 3. The molecule has 4 aliphatic heterocycles. The maximum absolute atomic E-state index is 13.1. The fourth-order valence-corrected chi connectivity index (χ4v) is 6.62. The molecule has 4 fully saturated rings. The number of hydrogen-bond acceptors (Lipinski definition) is 5. The second-order valence-electron chi connectivity index (χ2n) is 8.59. The molecule has 1 amide bonds. The minimum atomic E-state index is 0.0964. The summed E-state index contributed by atoms with van der Waals surface area (Å²) in [4.78, 5) is 18.8. The molecule has 1 saturated carbocycles. The van der Waals surface area contributed by atoms with Gasteiger partial charge in [-0.3, -0.25) is 9.69 Å². The molecule has 5 nitrogen and oxygen atoms in total. The highest BCUT2D eigenvalue weighted by molar-refractivity contribution is 7.21. The predicted octanol–water partition coefficient (Wildman–Crippen LogP) is 3.09. The highest BCUT2D eigenvalue weighted by atomic mass is 32.1. The molecule has 1 aliphatic carbocycles. The minimum absolute atomic E-state index is 0.0964. The number of thiophene rings is 1. The predicted molar refractivity (Wildman–Crippen MR) is 108 cm³/mol. The van der Waals surface area contributed by atoms with Crippen molar-refractivity contribution in [3.8, 4) is 5.75 Å². The van der Waals surface area contributed by atoms with E-state index < -0.39 is 0 Å². The topological polar surface area (TPSA) is 44.8 Å². The van der Waals surface area contributed by atoms with Crippen molar-refractivity contribution in [3.63, 3.8) is 0 Å². The van der Waals surface area contributed by atoms with Crippen molar-refractivity contribution in [1.29, 1.82) is 0 Å². The molecule has 1 unspecified atom stereocenters. The van der Waals surface area contributed by atoms with Crippen LogP contribution in [0, 0.1) is 5.92 Å². The Labute approximate surface area is 163 Å². The molecular formula is C21H25N3O2S. The number of likely N-dealkylation sites (N-methyl/N-ethyl adjacent to an activating group) is 1. The SMILES string of the molecule is CN1CCOc2c1ccc1cc(C(=O)NC3C4CCN(CC4)C34CC4)sc21. The molecule has 5 aliphatic rings. The van der Waals surface area contributed by atoms with Crippen LogP contribution in [0.25, 0.3) is 10.1 Å². The number of ether oxygens (including phenoxy) is 1. The molecular weight excluding hydrogens is 358 g/mol. The van der Waals surface area contributed by atoms with Gasteiger partial charge in [-0.2, -0.15) is 0 Å². The lowest BCUT2D eigenvalue weighted by molar-refractivity contribution is -0.00138. The van der Waals surface area contributed by atoms with Gasteiger partial charge in [-0.15, -0.1) is 11.3 Å². The smallest absolute Gasteiger partial charge is 0.261 e. The summed E-state index contributed by atoms with van der Waals surface area (Å²) in [5.41, 5.74) is 1.40. The molecule has 0 radical (unpaired) electrons. The molecule has 7 rings (SSSR count). The zero-order valence-corrected chi connectivity index (χ0v) is 16.5. The quantitative estimate of drug-likeness (QED) is 0.866. The zero-order valence-electron chi connectivity index (χ0n) is 15.7. The highest BCUT2D eigenvalue weighted by Gasteiger charge is 2.60. The van der Waals surface area contributed by atoms with E-state index in [1.54, 1.807) is 11.3 Å². The fraction of sp³-hybridized carbons (Fsp3) is 0.571. The van der Waals surface area contributed by atoms with E-state index in [0.29, 0.717) is 18.6 Å². The minimum Gasteiger partial charge on any atom is -0.488 e. The summed E-state index contributed by atoms with van der Waals surface area (Å²) in [7, 11) is 2.09. The van der Waals surface area contributed by atoms with Gasteiger partial charge in [0.05, 0.1) is 27.9 Å². The van der Waals surface area contributed by atoms with Crippen LogP contribution in [0.2, 0.25) is 0 Å². The lowest BCUT2D eigenvalue weighted by Crippen LogP contribution is -2.65. The van der Waals surface area contributed by atoms with Gasteiger partial charge in [0.25, 0.3) is 5.91 Å². The Balaban J connectivity index is 1.31. The summed E-state index contributed by atoms with van der Waals surface area (Å²) in [6, 6.07) is 6.59. The lowest BCUT2D eigenvalue weighted by atomic mass is 9.77. The van der Waals surface area contributed by atoms with Gasteiger partial charge in [-0.25, -0.2) is 0 Å². The third-order valence-electron chi connectivity index (χ3n) is 7.20. The first-order valence-corrected chi connectivity index (χ1v) is 10.9. The van der Waals surface area contributed by atoms with Crippen LogP contribution in [0.5, 0.6) is 5.75 Å². The van der Waals surface area contributed by atoms with E-state index in [1.807, 2.05) is 6.07 Å². The molecule has 1 aromatic carbocycles. The molecule has 1 aromatic heterocycles. The van der Waals surface area contributed by atoms with Crippen LogP contribution in [-0.2, 0) is 0 Å². The van der Waals surface area contributed by atoms with Crippen molar-refractivity contribution in [3.05, 3.63) is 23.1 Å². The Hall–Kier alpha value is -1.79. The highest BCUT2D eigenvalue weighted by Crippen LogP contribution is 2.54. The van der Waals surface area contributed by atoms with E-state index in [2.05, 4.69) is 34.3 Å². The normalized spacial score (nSPS) is 30.3. The maximum Gasteiger partial charge on any atom is 0.261 e. The Morgan fingerprint density at radius 3 is 2.85 bits per heavy atom. The zero-order chi connectivity index (χ0) is 18.2. The summed E-state index contributed by atoms with van der Waals surface area (Å²) in [5.74, 6) is 1.69. The van der Waals surface area contributed by atoms with Crippen LogP contribution >= 0.6 is 11.3 Å². The van der Waals surface area contributed by atoms with E-state index in [1.165, 1.54) is 38.8 Å². The number of nitrogens with zero attached hydrogens (tertiary/aromatic N) is 2. The second kappa shape index (κ2) is 5.61. The summed E-state index contributed by atoms with van der Waals surface area (Å²) in [6.45, 7) is 4.04. The molecule has 2 bridgehead atoms. The molecule has 1 spiro atoms. The standard InChI is InChI=1S/C21H25N3O2S/c1-23-10-11-26-17-15(23)3-2-14-12-16(27-18(14)17)20(25)22-19-13-4-8-24(9-5-13)21(19)6-7-21/h2-3,12-13,19H,4-11H2,1H3,(H,22,25). The van der Waals surface area contributed by atoms with Crippen LogP contribution in [0.4, 0.5) is 5.69 Å². The molecule has 27 heavy (non-hydrogen) atoms. The number of rotatable bonds is 2. The third kappa shape index (κ3) is 2.29. The van der Waals surface area contributed by atoms with Gasteiger partial charge in [0.1, 0.15) is 6.61 Å². The van der Waals surface area contributed by atoms with E-state index in [0.717, 1.165) is 32.9 Å². The van der Waals surface area contributed by atoms with Gasteiger partial charge in [-0.05, 0) is 62.2 Å². The van der Waals surface area contributed by atoms with Gasteiger partial charge < -0.3 is 15.0 Å². The average Bonchev–Trinajstić information content (AvgIpc) is 3.33. The van der Waals surface area contributed by atoms with Crippen LogP contribution in [0.15, 0.2) is 18.2 Å². The van der Waals surface area contributed by atoms with Crippen molar-refractivity contribution >= 4 is 33.0 Å². The van der Waals surface area contributed by atoms with Gasteiger partial charge in [0.2, 0.25) is 0 Å². The average molecular weight is 384 g/mol. The van der Waals surface area contributed by atoms with Gasteiger partial charge in [0, 0.05) is 12.6 Å². The molecule has 3 saturated heterocycles. The van der Waals surface area contributed by atoms with Crippen molar-refractivity contribution in [2.45, 2.75) is 37.3 Å². The van der Waals surface area contributed by atoms with E-state index >= 15 is 0 Å². The van der Waals surface area contributed by atoms with E-state index in [4.69, 9.17) is 4.74 Å². The lowest BCUT2D eigenvalue weighted by Gasteiger charge is -2.52. The van der Waals surface area contributed by atoms with Crippen molar-refractivity contribution in [2.24, 2.45) is 5.92 Å². The molecule has 6 heteroatoms. The molecule has 1 atom stereocenters. The summed E-state index contributed by atoms with van der Waals surface area (Å²) >= 11 is 1.57. The Morgan fingerprint density at radius 2 is 2.07 bits per heavy atom. The Morgan fingerprint density at radius 1 is 1.26 bits per heavy atom. The third-order valence-corrected chi connectivity index (χ3v) is 8.35. The van der Waals surface area contributed by atoms with Crippen molar-refractivity contribution in [1.82, 2.24) is 10.2 Å². The number of benzene rings is 1. The monoisotopic (exact) mass is 383 g/mol. The number of hydrogen-bond donors (Lipinski definition) is 1. The number of anilines is 1. The number of fused-ring (bicyclic) bond motifs is 5. The van der Waals surface area contributed by atoms with Crippen LogP contribution in [0.3, 0.4) is 0 Å². The number of nitrogens with one attached hydrogen (secondary N) is 1. The van der Waals surface area contributed by atoms with Crippen LogP contribution < -0.4 is 15.0 Å². The number of amides is 1. The second-order valence-corrected chi connectivity index (χ2v) is 9.64.